The highest BCUT2D eigenvalue weighted by Crippen LogP contribution is 2.19. The quantitative estimate of drug-likeness (QED) is 0.426. The van der Waals surface area contributed by atoms with E-state index in [-0.39, 0.29) is 24.3 Å². The van der Waals surface area contributed by atoms with Crippen LogP contribution in [0.5, 0.6) is 0 Å². The standard InChI is InChI=1S/C14H24N2O4/c1-4-20-12(18)8-6-5-7-9-16-10-11(17)15-13(19)14(16,2)3/h4-10H2,1-3H3,(H,15,17,19). The maximum absolute atomic E-state index is 11.8. The summed E-state index contributed by atoms with van der Waals surface area (Å²) < 4.78 is 4.85. The lowest BCUT2D eigenvalue weighted by molar-refractivity contribution is -0.145. The van der Waals surface area contributed by atoms with Gasteiger partial charge in [0.15, 0.2) is 0 Å². The van der Waals surface area contributed by atoms with Crippen molar-refractivity contribution in [3.8, 4) is 0 Å². The van der Waals surface area contributed by atoms with Crippen LogP contribution >= 0.6 is 0 Å². The first-order valence-corrected chi connectivity index (χ1v) is 7.13. The van der Waals surface area contributed by atoms with Crippen LogP contribution in [0.15, 0.2) is 0 Å². The van der Waals surface area contributed by atoms with Gasteiger partial charge in [-0.1, -0.05) is 6.42 Å². The number of hydrogen-bond acceptors (Lipinski definition) is 5. The van der Waals surface area contributed by atoms with E-state index < -0.39 is 5.54 Å². The molecule has 0 bridgehead atoms. The molecule has 1 saturated heterocycles. The van der Waals surface area contributed by atoms with Crippen LogP contribution in [-0.2, 0) is 19.1 Å². The Labute approximate surface area is 119 Å². The van der Waals surface area contributed by atoms with Crippen LogP contribution in [0.4, 0.5) is 0 Å². The molecule has 114 valence electrons. The molecule has 6 nitrogen and oxygen atoms in total. The fraction of sp³-hybridized carbons (Fsp3) is 0.786. The number of nitrogens with zero attached hydrogens (tertiary/aromatic N) is 1. The predicted molar refractivity (Wildman–Crippen MR) is 73.9 cm³/mol. The summed E-state index contributed by atoms with van der Waals surface area (Å²) in [5.74, 6) is -0.665. The third kappa shape index (κ3) is 4.59. The SMILES string of the molecule is CCOC(=O)CCCCCN1CC(=O)NC(=O)C1(C)C. The number of imide groups is 1. The number of rotatable bonds is 7. The molecule has 0 aliphatic carbocycles. The van der Waals surface area contributed by atoms with Crippen LogP contribution in [0.3, 0.4) is 0 Å². The first kappa shape index (κ1) is 16.6. The Morgan fingerprint density at radius 1 is 1.30 bits per heavy atom. The van der Waals surface area contributed by atoms with Crippen molar-refractivity contribution in [2.45, 2.75) is 52.0 Å². The molecule has 1 N–H and O–H groups in total. The van der Waals surface area contributed by atoms with E-state index in [2.05, 4.69) is 5.32 Å². The van der Waals surface area contributed by atoms with Crippen molar-refractivity contribution in [3.05, 3.63) is 0 Å². The molecule has 1 aliphatic heterocycles. The highest BCUT2D eigenvalue weighted by atomic mass is 16.5. The fourth-order valence-electron chi connectivity index (χ4n) is 2.17. The van der Waals surface area contributed by atoms with Gasteiger partial charge in [0.25, 0.3) is 0 Å². The molecule has 0 unspecified atom stereocenters. The minimum Gasteiger partial charge on any atom is -0.466 e. The van der Waals surface area contributed by atoms with Crippen LogP contribution in [0.25, 0.3) is 0 Å². The second kappa shape index (κ2) is 7.38. The van der Waals surface area contributed by atoms with Crippen LogP contribution < -0.4 is 5.32 Å². The fourth-order valence-corrected chi connectivity index (χ4v) is 2.17. The first-order valence-electron chi connectivity index (χ1n) is 7.13. The van der Waals surface area contributed by atoms with E-state index >= 15 is 0 Å². The summed E-state index contributed by atoms with van der Waals surface area (Å²) in [6.07, 6.45) is 2.93. The Morgan fingerprint density at radius 2 is 2.00 bits per heavy atom. The van der Waals surface area contributed by atoms with Gasteiger partial charge in [0, 0.05) is 6.42 Å². The molecule has 0 atom stereocenters. The molecule has 1 heterocycles. The Morgan fingerprint density at radius 3 is 2.65 bits per heavy atom. The molecule has 0 radical (unpaired) electrons. The van der Waals surface area contributed by atoms with E-state index in [1.54, 1.807) is 6.92 Å². The molecule has 20 heavy (non-hydrogen) atoms. The van der Waals surface area contributed by atoms with Gasteiger partial charge < -0.3 is 4.74 Å². The topological polar surface area (TPSA) is 75.7 Å². The molecule has 0 saturated carbocycles. The molecule has 1 fully saturated rings. The summed E-state index contributed by atoms with van der Waals surface area (Å²) in [6.45, 7) is 6.75. The minimum atomic E-state index is -0.658. The number of ether oxygens (including phenoxy) is 1. The lowest BCUT2D eigenvalue weighted by atomic mass is 9.98. The van der Waals surface area contributed by atoms with Crippen LogP contribution in [0.2, 0.25) is 0 Å². The number of hydrogen-bond donors (Lipinski definition) is 1. The van der Waals surface area contributed by atoms with Crippen molar-refractivity contribution in [1.29, 1.82) is 0 Å². The van der Waals surface area contributed by atoms with Crippen molar-refractivity contribution < 1.29 is 19.1 Å². The summed E-state index contributed by atoms with van der Waals surface area (Å²) in [5, 5.41) is 2.35. The van der Waals surface area contributed by atoms with Gasteiger partial charge in [-0.3, -0.25) is 24.6 Å². The van der Waals surface area contributed by atoms with E-state index in [0.29, 0.717) is 19.6 Å². The van der Waals surface area contributed by atoms with Crippen molar-refractivity contribution >= 4 is 17.8 Å². The summed E-state index contributed by atoms with van der Waals surface area (Å²) in [5.41, 5.74) is -0.658. The van der Waals surface area contributed by atoms with Crippen LogP contribution in [0, 0.1) is 0 Å². The average molecular weight is 284 g/mol. The van der Waals surface area contributed by atoms with E-state index in [9.17, 15) is 14.4 Å². The van der Waals surface area contributed by atoms with Gasteiger partial charge >= 0.3 is 5.97 Å². The largest absolute Gasteiger partial charge is 0.466 e. The Balaban J connectivity index is 2.28. The normalized spacial score (nSPS) is 18.8. The molecule has 1 aliphatic rings. The zero-order valence-electron chi connectivity index (χ0n) is 12.5. The molecule has 0 spiro atoms. The summed E-state index contributed by atoms with van der Waals surface area (Å²) >= 11 is 0. The zero-order valence-corrected chi connectivity index (χ0v) is 12.5. The average Bonchev–Trinajstić information content (AvgIpc) is 2.35. The van der Waals surface area contributed by atoms with Crippen molar-refractivity contribution in [3.63, 3.8) is 0 Å². The molecule has 0 aromatic carbocycles. The number of unbranched alkanes of at least 4 members (excludes halogenated alkanes) is 2. The van der Waals surface area contributed by atoms with Gasteiger partial charge in [0.2, 0.25) is 11.8 Å². The lowest BCUT2D eigenvalue weighted by Crippen LogP contribution is -2.64. The zero-order chi connectivity index (χ0) is 15.2. The van der Waals surface area contributed by atoms with Gasteiger partial charge in [-0.2, -0.15) is 0 Å². The summed E-state index contributed by atoms with van der Waals surface area (Å²) in [6, 6.07) is 0. The minimum absolute atomic E-state index is 0.166. The molecule has 0 aromatic rings. The third-order valence-corrected chi connectivity index (χ3v) is 3.55. The number of carbonyl (C=O) groups is 3. The van der Waals surface area contributed by atoms with E-state index in [0.717, 1.165) is 19.3 Å². The molecule has 2 amide bonds. The van der Waals surface area contributed by atoms with Crippen LogP contribution in [-0.4, -0.2) is 47.9 Å². The van der Waals surface area contributed by atoms with Gasteiger partial charge in [0.05, 0.1) is 18.7 Å². The second-order valence-electron chi connectivity index (χ2n) is 5.47. The van der Waals surface area contributed by atoms with Crippen molar-refractivity contribution in [2.24, 2.45) is 0 Å². The lowest BCUT2D eigenvalue weighted by Gasteiger charge is -2.40. The Bertz CT molecular complexity index is 379. The molecular formula is C14H24N2O4. The number of nitrogens with one attached hydrogen (secondary N) is 1. The van der Waals surface area contributed by atoms with Gasteiger partial charge in [-0.05, 0) is 40.2 Å². The molecular weight excluding hydrogens is 260 g/mol. The van der Waals surface area contributed by atoms with E-state index in [4.69, 9.17) is 4.74 Å². The monoisotopic (exact) mass is 284 g/mol. The van der Waals surface area contributed by atoms with Gasteiger partial charge in [-0.15, -0.1) is 0 Å². The van der Waals surface area contributed by atoms with E-state index in [1.807, 2.05) is 18.7 Å². The Kier molecular flexibility index (Phi) is 6.13. The summed E-state index contributed by atoms with van der Waals surface area (Å²) in [7, 11) is 0. The number of esters is 1. The smallest absolute Gasteiger partial charge is 0.305 e. The number of amides is 2. The second-order valence-corrected chi connectivity index (χ2v) is 5.47. The molecule has 0 aromatic heterocycles. The predicted octanol–water partition coefficient (Wildman–Crippen LogP) is 0.847. The van der Waals surface area contributed by atoms with Crippen molar-refractivity contribution in [1.82, 2.24) is 10.2 Å². The molecule has 1 rings (SSSR count). The molecule has 6 heteroatoms. The maximum Gasteiger partial charge on any atom is 0.305 e. The first-order chi connectivity index (χ1) is 9.37. The maximum atomic E-state index is 11.8. The van der Waals surface area contributed by atoms with Crippen molar-refractivity contribution in [2.75, 3.05) is 19.7 Å². The third-order valence-electron chi connectivity index (χ3n) is 3.55. The van der Waals surface area contributed by atoms with Crippen LogP contribution in [0.1, 0.15) is 46.5 Å². The number of carbonyl (C=O) groups excluding carboxylic acids is 3. The Hall–Kier alpha value is -1.43. The van der Waals surface area contributed by atoms with E-state index in [1.165, 1.54) is 0 Å². The highest BCUT2D eigenvalue weighted by molar-refractivity contribution is 6.02. The summed E-state index contributed by atoms with van der Waals surface area (Å²) in [4.78, 5) is 36.2. The van der Waals surface area contributed by atoms with Gasteiger partial charge in [0.1, 0.15) is 0 Å². The van der Waals surface area contributed by atoms with Gasteiger partial charge in [-0.25, -0.2) is 0 Å². The number of piperazine rings is 1. The highest BCUT2D eigenvalue weighted by Gasteiger charge is 2.40.